The van der Waals surface area contributed by atoms with Gasteiger partial charge in [-0.2, -0.15) is 0 Å². The molecule has 0 radical (unpaired) electrons. The number of carbonyl (C=O) groups excluding carboxylic acids is 1. The summed E-state index contributed by atoms with van der Waals surface area (Å²) in [6.45, 7) is 1.07. The van der Waals surface area contributed by atoms with Crippen LogP contribution >= 0.6 is 22.9 Å². The van der Waals surface area contributed by atoms with E-state index in [2.05, 4.69) is 10.3 Å². The molecule has 0 saturated carbocycles. The van der Waals surface area contributed by atoms with E-state index < -0.39 is 0 Å². The van der Waals surface area contributed by atoms with Crippen molar-refractivity contribution >= 4 is 28.7 Å². The molecule has 0 spiro atoms. The minimum atomic E-state index is 0.0932. The van der Waals surface area contributed by atoms with Crippen molar-refractivity contribution in [1.29, 1.82) is 0 Å². The van der Waals surface area contributed by atoms with Crippen LogP contribution in [0.1, 0.15) is 15.4 Å². The van der Waals surface area contributed by atoms with E-state index >= 15 is 0 Å². The molecule has 11 heavy (non-hydrogen) atoms. The number of carbonyl (C=O) groups is 1. The van der Waals surface area contributed by atoms with Gasteiger partial charge in [0, 0.05) is 6.54 Å². The van der Waals surface area contributed by atoms with Gasteiger partial charge < -0.3 is 5.32 Å². The molecule has 58 valence electrons. The fraction of sp³-hybridized carbons (Fsp3) is 0.333. The highest BCUT2D eigenvalue weighted by Crippen LogP contribution is 2.24. The van der Waals surface area contributed by atoms with E-state index in [0.717, 1.165) is 5.69 Å². The Morgan fingerprint density at radius 3 is 3.09 bits per heavy atom. The first-order valence-corrected chi connectivity index (χ1v) is 4.36. The summed E-state index contributed by atoms with van der Waals surface area (Å²) in [4.78, 5) is 15.9. The minimum absolute atomic E-state index is 0.0932. The van der Waals surface area contributed by atoms with E-state index in [1.165, 1.54) is 11.3 Å². The highest BCUT2D eigenvalue weighted by atomic mass is 35.5. The molecule has 0 atom stereocenters. The molecule has 1 N–H and O–H groups in total. The van der Waals surface area contributed by atoms with Crippen LogP contribution in [0.3, 0.4) is 0 Å². The summed E-state index contributed by atoms with van der Waals surface area (Å²) in [5.41, 5.74) is 0.788. The van der Waals surface area contributed by atoms with Crippen molar-refractivity contribution in [2.75, 3.05) is 6.54 Å². The van der Waals surface area contributed by atoms with Crippen molar-refractivity contribution < 1.29 is 4.79 Å². The summed E-state index contributed by atoms with van der Waals surface area (Å²) in [7, 11) is 0. The van der Waals surface area contributed by atoms with Crippen LogP contribution in [0.25, 0.3) is 0 Å². The first-order valence-electron chi connectivity index (χ1n) is 3.16. The molecular weight excluding hydrogens is 184 g/mol. The molecule has 2 heterocycles. The molecule has 2 rings (SSSR count). The van der Waals surface area contributed by atoms with Gasteiger partial charge in [0.15, 0.2) is 10.3 Å². The maximum absolute atomic E-state index is 11.1. The zero-order valence-corrected chi connectivity index (χ0v) is 7.13. The average Bonchev–Trinajstić information content (AvgIpc) is 2.31. The number of aromatic nitrogens is 1. The van der Waals surface area contributed by atoms with Crippen molar-refractivity contribution in [3.63, 3.8) is 0 Å². The van der Waals surface area contributed by atoms with E-state index in [1.807, 2.05) is 0 Å². The molecule has 0 unspecified atom stereocenters. The Morgan fingerprint density at radius 1 is 1.55 bits per heavy atom. The normalized spacial score (nSPS) is 16.6. The van der Waals surface area contributed by atoms with Gasteiger partial charge in [0.2, 0.25) is 0 Å². The number of nitrogens with one attached hydrogen (secondary N) is 1. The Hall–Kier alpha value is -0.450. The first kappa shape index (κ1) is 7.21. The van der Waals surface area contributed by atoms with Crippen LogP contribution in [-0.4, -0.2) is 17.3 Å². The summed E-state index contributed by atoms with van der Waals surface area (Å²) in [5, 5.41) is 2.94. The third-order valence-electron chi connectivity index (χ3n) is 1.50. The van der Waals surface area contributed by atoms with Crippen LogP contribution in [0.5, 0.6) is 0 Å². The van der Waals surface area contributed by atoms with Crippen LogP contribution in [-0.2, 0) is 6.54 Å². The molecular formula is C6H5ClN2OS. The summed E-state index contributed by atoms with van der Waals surface area (Å²) in [6.07, 6.45) is 0. The molecule has 1 aliphatic heterocycles. The predicted molar refractivity (Wildman–Crippen MR) is 43.2 cm³/mol. The van der Waals surface area contributed by atoms with Crippen molar-refractivity contribution in [2.24, 2.45) is 0 Å². The molecule has 0 amide bonds. The van der Waals surface area contributed by atoms with E-state index in [0.29, 0.717) is 22.4 Å². The SMILES string of the molecule is O=C1CNCc2nc(Cl)sc21. The van der Waals surface area contributed by atoms with Crippen molar-refractivity contribution in [1.82, 2.24) is 10.3 Å². The average molecular weight is 189 g/mol. The summed E-state index contributed by atoms with van der Waals surface area (Å²) in [5.74, 6) is 0.0932. The van der Waals surface area contributed by atoms with Crippen LogP contribution in [0.15, 0.2) is 0 Å². The smallest absolute Gasteiger partial charge is 0.188 e. The third kappa shape index (κ3) is 1.17. The second kappa shape index (κ2) is 2.55. The van der Waals surface area contributed by atoms with Gasteiger partial charge >= 0.3 is 0 Å². The van der Waals surface area contributed by atoms with E-state index in [9.17, 15) is 4.79 Å². The summed E-state index contributed by atoms with van der Waals surface area (Å²) < 4.78 is 0.451. The monoisotopic (exact) mass is 188 g/mol. The lowest BCUT2D eigenvalue weighted by Crippen LogP contribution is -2.28. The molecule has 1 aliphatic rings. The Labute approximate surface area is 72.4 Å². The summed E-state index contributed by atoms with van der Waals surface area (Å²) in [6, 6.07) is 0. The maximum atomic E-state index is 11.1. The lowest BCUT2D eigenvalue weighted by molar-refractivity contribution is 0.0986. The van der Waals surface area contributed by atoms with E-state index in [4.69, 9.17) is 11.6 Å². The quantitative estimate of drug-likeness (QED) is 0.663. The summed E-state index contributed by atoms with van der Waals surface area (Å²) >= 11 is 6.91. The van der Waals surface area contributed by atoms with Gasteiger partial charge in [-0.25, -0.2) is 4.98 Å². The van der Waals surface area contributed by atoms with Crippen LogP contribution in [0.4, 0.5) is 0 Å². The highest BCUT2D eigenvalue weighted by Gasteiger charge is 2.20. The molecule has 5 heteroatoms. The number of fused-ring (bicyclic) bond motifs is 1. The molecule has 0 saturated heterocycles. The molecule has 0 aliphatic carbocycles. The van der Waals surface area contributed by atoms with Crippen molar-refractivity contribution in [3.8, 4) is 0 Å². The number of rotatable bonds is 0. The Morgan fingerprint density at radius 2 is 2.36 bits per heavy atom. The highest BCUT2D eigenvalue weighted by molar-refractivity contribution is 7.17. The largest absolute Gasteiger partial charge is 0.304 e. The number of halogens is 1. The predicted octanol–water partition coefficient (Wildman–Crippen LogP) is 1.08. The van der Waals surface area contributed by atoms with Gasteiger partial charge in [-0.05, 0) is 0 Å². The molecule has 1 aromatic heterocycles. The Balaban J connectivity index is 2.52. The third-order valence-corrected chi connectivity index (χ3v) is 2.75. The topological polar surface area (TPSA) is 42.0 Å². The number of Topliss-reactive ketones (excluding diaryl/α,β-unsaturated/α-hetero) is 1. The lowest BCUT2D eigenvalue weighted by Gasteiger charge is -2.08. The second-order valence-electron chi connectivity index (χ2n) is 2.27. The molecule has 0 aromatic carbocycles. The second-order valence-corrected chi connectivity index (χ2v) is 3.85. The first-order chi connectivity index (χ1) is 5.27. The van der Waals surface area contributed by atoms with E-state index in [1.54, 1.807) is 0 Å². The van der Waals surface area contributed by atoms with Gasteiger partial charge in [0.25, 0.3) is 0 Å². The zero-order valence-electron chi connectivity index (χ0n) is 5.56. The molecule has 1 aromatic rings. The van der Waals surface area contributed by atoms with Crippen LogP contribution < -0.4 is 5.32 Å². The van der Waals surface area contributed by atoms with Gasteiger partial charge in [0.05, 0.1) is 17.1 Å². The molecule has 0 fully saturated rings. The fourth-order valence-corrected chi connectivity index (χ4v) is 2.11. The fourth-order valence-electron chi connectivity index (χ4n) is 1.04. The van der Waals surface area contributed by atoms with Gasteiger partial charge in [-0.15, -0.1) is 0 Å². The number of nitrogens with zero attached hydrogens (tertiary/aromatic N) is 1. The van der Waals surface area contributed by atoms with Crippen molar-refractivity contribution in [3.05, 3.63) is 15.0 Å². The number of hydrogen-bond acceptors (Lipinski definition) is 4. The number of ketones is 1. The van der Waals surface area contributed by atoms with Gasteiger partial charge in [0.1, 0.15) is 0 Å². The lowest BCUT2D eigenvalue weighted by atomic mass is 10.2. The van der Waals surface area contributed by atoms with Gasteiger partial charge in [-0.3, -0.25) is 4.79 Å². The molecule has 0 bridgehead atoms. The van der Waals surface area contributed by atoms with Crippen LogP contribution in [0, 0.1) is 0 Å². The number of thiazole rings is 1. The standard InChI is InChI=1S/C6H5ClN2OS/c7-6-9-3-1-8-2-4(10)5(3)11-6/h8H,1-2H2. The maximum Gasteiger partial charge on any atom is 0.188 e. The Bertz CT molecular complexity index is 310. The van der Waals surface area contributed by atoms with Gasteiger partial charge in [-0.1, -0.05) is 22.9 Å². The Kier molecular flexibility index (Phi) is 1.67. The zero-order chi connectivity index (χ0) is 7.84. The molecule has 3 nitrogen and oxygen atoms in total. The van der Waals surface area contributed by atoms with Crippen molar-refractivity contribution in [2.45, 2.75) is 6.54 Å². The number of hydrogen-bond donors (Lipinski definition) is 1. The van der Waals surface area contributed by atoms with Crippen LogP contribution in [0.2, 0.25) is 4.47 Å². The van der Waals surface area contributed by atoms with E-state index in [-0.39, 0.29) is 5.78 Å². The minimum Gasteiger partial charge on any atom is -0.304 e.